The summed E-state index contributed by atoms with van der Waals surface area (Å²) >= 11 is 0. The minimum absolute atomic E-state index is 0.318. The lowest BCUT2D eigenvalue weighted by molar-refractivity contribution is -0.145. The molecule has 1 aliphatic heterocycles. The second-order valence-corrected chi connectivity index (χ2v) is 2.66. The minimum atomic E-state index is -1.14. The number of rotatable bonds is 3. The van der Waals surface area contributed by atoms with E-state index in [0.29, 0.717) is 6.61 Å². The molecule has 5 heteroatoms. The summed E-state index contributed by atoms with van der Waals surface area (Å²) in [5.74, 6) is 0. The molecule has 3 N–H and O–H groups in total. The van der Waals surface area contributed by atoms with Crippen molar-refractivity contribution in [3.8, 4) is 0 Å². The van der Waals surface area contributed by atoms with Crippen molar-refractivity contribution in [3.63, 3.8) is 0 Å². The van der Waals surface area contributed by atoms with E-state index in [2.05, 4.69) is 0 Å². The molecule has 12 heavy (non-hydrogen) atoms. The fourth-order valence-corrected chi connectivity index (χ4v) is 1.24. The van der Waals surface area contributed by atoms with Gasteiger partial charge in [0.15, 0.2) is 6.29 Å². The van der Waals surface area contributed by atoms with Gasteiger partial charge in [0, 0.05) is 6.61 Å². The average molecular weight is 178 g/mol. The summed E-state index contributed by atoms with van der Waals surface area (Å²) < 4.78 is 9.84. The van der Waals surface area contributed by atoms with Crippen LogP contribution in [0.5, 0.6) is 0 Å². The molecule has 1 fully saturated rings. The van der Waals surface area contributed by atoms with Gasteiger partial charge >= 0.3 is 0 Å². The van der Waals surface area contributed by atoms with Crippen molar-refractivity contribution in [2.75, 3.05) is 13.2 Å². The van der Waals surface area contributed by atoms with Crippen molar-refractivity contribution in [3.05, 3.63) is 0 Å². The van der Waals surface area contributed by atoms with E-state index < -0.39 is 24.6 Å². The lowest BCUT2D eigenvalue weighted by Gasteiger charge is -2.16. The Morgan fingerprint density at radius 1 is 1.42 bits per heavy atom. The van der Waals surface area contributed by atoms with Crippen LogP contribution in [0.3, 0.4) is 0 Å². The summed E-state index contributed by atoms with van der Waals surface area (Å²) in [6.45, 7) is 1.83. The third kappa shape index (κ3) is 1.75. The molecule has 72 valence electrons. The van der Waals surface area contributed by atoms with Crippen LogP contribution in [0.15, 0.2) is 0 Å². The summed E-state index contributed by atoms with van der Waals surface area (Å²) in [6, 6.07) is 0. The summed E-state index contributed by atoms with van der Waals surface area (Å²) in [4.78, 5) is 0. The number of ether oxygens (including phenoxy) is 2. The number of aliphatic hydroxyl groups excluding tert-OH is 3. The van der Waals surface area contributed by atoms with Crippen LogP contribution in [0.1, 0.15) is 6.92 Å². The monoisotopic (exact) mass is 178 g/mol. The van der Waals surface area contributed by atoms with E-state index in [9.17, 15) is 10.2 Å². The lowest BCUT2D eigenvalue weighted by atomic mass is 10.1. The second-order valence-electron chi connectivity index (χ2n) is 2.66. The zero-order valence-electron chi connectivity index (χ0n) is 6.88. The van der Waals surface area contributed by atoms with E-state index in [1.54, 1.807) is 6.92 Å². The van der Waals surface area contributed by atoms with Gasteiger partial charge in [-0.1, -0.05) is 0 Å². The van der Waals surface area contributed by atoms with Gasteiger partial charge in [-0.2, -0.15) is 0 Å². The van der Waals surface area contributed by atoms with E-state index in [1.807, 2.05) is 0 Å². The molecule has 0 spiro atoms. The number of aliphatic hydroxyl groups is 3. The van der Waals surface area contributed by atoms with Gasteiger partial charge in [-0.05, 0) is 6.92 Å². The fourth-order valence-electron chi connectivity index (χ4n) is 1.24. The standard InChI is InChI=1S/C7H14O5/c1-2-11-6-5(9)4(3-8)12-7(6)10/h4-10H,2-3H2,1H3/t4-,5-,6+,7+/m0/s1. The maximum Gasteiger partial charge on any atom is 0.184 e. The predicted octanol–water partition coefficient (Wildman–Crippen LogP) is -1.54. The average Bonchev–Trinajstić information content (AvgIpc) is 2.32. The number of hydrogen-bond donors (Lipinski definition) is 3. The van der Waals surface area contributed by atoms with Gasteiger partial charge in [-0.15, -0.1) is 0 Å². The van der Waals surface area contributed by atoms with E-state index >= 15 is 0 Å². The highest BCUT2D eigenvalue weighted by atomic mass is 16.7. The first-order valence-electron chi connectivity index (χ1n) is 3.94. The summed E-state index contributed by atoms with van der Waals surface area (Å²) in [6.07, 6.45) is -3.58. The molecule has 0 amide bonds. The Morgan fingerprint density at radius 2 is 2.08 bits per heavy atom. The first-order chi connectivity index (χ1) is 5.70. The van der Waals surface area contributed by atoms with Crippen LogP contribution in [0.2, 0.25) is 0 Å². The highest BCUT2D eigenvalue weighted by Gasteiger charge is 2.42. The Kier molecular flexibility index (Phi) is 3.42. The fraction of sp³-hybridized carbons (Fsp3) is 1.00. The van der Waals surface area contributed by atoms with E-state index in [0.717, 1.165) is 0 Å². The Balaban J connectivity index is 2.51. The molecule has 0 aromatic rings. The Morgan fingerprint density at radius 3 is 2.50 bits per heavy atom. The predicted molar refractivity (Wildman–Crippen MR) is 39.4 cm³/mol. The molecule has 0 aromatic carbocycles. The first kappa shape index (κ1) is 9.88. The van der Waals surface area contributed by atoms with Crippen molar-refractivity contribution in [2.24, 2.45) is 0 Å². The van der Waals surface area contributed by atoms with E-state index in [1.165, 1.54) is 0 Å². The molecule has 5 nitrogen and oxygen atoms in total. The zero-order valence-corrected chi connectivity index (χ0v) is 6.88. The van der Waals surface area contributed by atoms with Crippen molar-refractivity contribution in [1.29, 1.82) is 0 Å². The van der Waals surface area contributed by atoms with Crippen LogP contribution in [0, 0.1) is 0 Å². The normalized spacial score (nSPS) is 42.0. The Bertz CT molecular complexity index is 140. The summed E-state index contributed by atoms with van der Waals surface area (Å²) in [5, 5.41) is 27.2. The van der Waals surface area contributed by atoms with Crippen LogP contribution in [-0.4, -0.2) is 53.1 Å². The largest absolute Gasteiger partial charge is 0.394 e. The van der Waals surface area contributed by atoms with Gasteiger partial charge in [0.05, 0.1) is 6.61 Å². The van der Waals surface area contributed by atoms with Crippen molar-refractivity contribution >= 4 is 0 Å². The topological polar surface area (TPSA) is 79.2 Å². The van der Waals surface area contributed by atoms with Crippen molar-refractivity contribution in [2.45, 2.75) is 31.5 Å². The van der Waals surface area contributed by atoms with E-state index in [-0.39, 0.29) is 6.61 Å². The maximum atomic E-state index is 9.38. The molecule has 0 aliphatic carbocycles. The van der Waals surface area contributed by atoms with Gasteiger partial charge in [0.25, 0.3) is 0 Å². The highest BCUT2D eigenvalue weighted by Crippen LogP contribution is 2.21. The molecule has 0 saturated carbocycles. The first-order valence-corrected chi connectivity index (χ1v) is 3.94. The molecule has 1 rings (SSSR count). The quantitative estimate of drug-likeness (QED) is 0.488. The van der Waals surface area contributed by atoms with Crippen LogP contribution < -0.4 is 0 Å². The van der Waals surface area contributed by atoms with Crippen LogP contribution in [-0.2, 0) is 9.47 Å². The van der Waals surface area contributed by atoms with Gasteiger partial charge in [0.1, 0.15) is 18.3 Å². The third-order valence-electron chi connectivity index (χ3n) is 1.85. The smallest absolute Gasteiger partial charge is 0.184 e. The van der Waals surface area contributed by atoms with Crippen LogP contribution in [0.25, 0.3) is 0 Å². The number of hydrogen-bond acceptors (Lipinski definition) is 5. The molecule has 1 aliphatic rings. The molecule has 1 heterocycles. The third-order valence-corrected chi connectivity index (χ3v) is 1.85. The van der Waals surface area contributed by atoms with E-state index in [4.69, 9.17) is 14.6 Å². The second kappa shape index (κ2) is 4.15. The minimum Gasteiger partial charge on any atom is -0.394 e. The maximum absolute atomic E-state index is 9.38. The Hall–Kier alpha value is -0.200. The van der Waals surface area contributed by atoms with Gasteiger partial charge in [-0.25, -0.2) is 0 Å². The molecule has 0 unspecified atom stereocenters. The zero-order chi connectivity index (χ0) is 9.14. The SMILES string of the molecule is CCO[C@@H]1[C@@H](O)[C@H](CO)O[C@H]1O. The molecular weight excluding hydrogens is 164 g/mol. The molecule has 0 aromatic heterocycles. The molecule has 4 atom stereocenters. The van der Waals surface area contributed by atoms with Gasteiger partial charge < -0.3 is 24.8 Å². The van der Waals surface area contributed by atoms with Crippen LogP contribution >= 0.6 is 0 Å². The lowest BCUT2D eigenvalue weighted by Crippen LogP contribution is -2.36. The highest BCUT2D eigenvalue weighted by molar-refractivity contribution is 4.86. The summed E-state index contributed by atoms with van der Waals surface area (Å²) in [7, 11) is 0. The van der Waals surface area contributed by atoms with Crippen molar-refractivity contribution in [1.82, 2.24) is 0 Å². The molecule has 1 saturated heterocycles. The Labute approximate surface area is 70.5 Å². The van der Waals surface area contributed by atoms with Gasteiger partial charge in [0.2, 0.25) is 0 Å². The summed E-state index contributed by atoms with van der Waals surface area (Å²) in [5.41, 5.74) is 0. The molecule has 0 bridgehead atoms. The van der Waals surface area contributed by atoms with Crippen LogP contribution in [0.4, 0.5) is 0 Å². The molecular formula is C7H14O5. The van der Waals surface area contributed by atoms with Crippen molar-refractivity contribution < 1.29 is 24.8 Å². The van der Waals surface area contributed by atoms with Gasteiger partial charge in [-0.3, -0.25) is 0 Å². The molecule has 0 radical (unpaired) electrons.